The maximum absolute atomic E-state index is 12.9. The minimum Gasteiger partial charge on any atom is -0.454 e. The molecule has 1 aliphatic rings. The highest BCUT2D eigenvalue weighted by Crippen LogP contribution is 2.32. The van der Waals surface area contributed by atoms with Crippen molar-refractivity contribution in [3.63, 3.8) is 0 Å². The molecule has 0 unspecified atom stereocenters. The zero-order valence-electron chi connectivity index (χ0n) is 16.6. The van der Waals surface area contributed by atoms with Crippen molar-refractivity contribution in [1.82, 2.24) is 10.3 Å². The molecule has 2 aromatic carbocycles. The monoisotopic (exact) mass is 496 g/mol. The Balaban J connectivity index is 1.51. The average Bonchev–Trinajstić information content (AvgIpc) is 3.27. The number of hydrogen-bond acceptors (Lipinski definition) is 7. The van der Waals surface area contributed by atoms with Gasteiger partial charge in [0.1, 0.15) is 0 Å². The van der Waals surface area contributed by atoms with E-state index in [4.69, 9.17) is 15.2 Å². The lowest BCUT2D eigenvalue weighted by molar-refractivity contribution is -0.112. The molecule has 162 valence electrons. The molecule has 4 rings (SSSR count). The molecule has 0 fully saturated rings. The largest absolute Gasteiger partial charge is 0.454 e. The van der Waals surface area contributed by atoms with Crippen LogP contribution in [-0.2, 0) is 11.3 Å². The Kier molecular flexibility index (Phi) is 6.04. The van der Waals surface area contributed by atoms with Crippen LogP contribution in [-0.4, -0.2) is 29.4 Å². The van der Waals surface area contributed by atoms with Crippen molar-refractivity contribution in [1.29, 1.82) is 0 Å². The summed E-state index contributed by atoms with van der Waals surface area (Å²) in [7, 11) is 0. The average molecular weight is 497 g/mol. The van der Waals surface area contributed by atoms with E-state index in [0.29, 0.717) is 21.7 Å². The van der Waals surface area contributed by atoms with Gasteiger partial charge in [0.25, 0.3) is 17.6 Å². The van der Waals surface area contributed by atoms with E-state index in [1.54, 1.807) is 12.1 Å². The van der Waals surface area contributed by atoms with Gasteiger partial charge in [0.2, 0.25) is 6.79 Å². The van der Waals surface area contributed by atoms with E-state index in [9.17, 15) is 14.4 Å². The number of nitrogens with zero attached hydrogens (tertiary/aromatic N) is 1. The number of Topliss-reactive ketones (excluding diaryl/α,β-unsaturated/α-hetero) is 1. The fraction of sp³-hybridized carbons (Fsp3) is 0.0909. The number of amides is 2. The van der Waals surface area contributed by atoms with Crippen molar-refractivity contribution in [2.45, 2.75) is 6.54 Å². The van der Waals surface area contributed by atoms with Crippen molar-refractivity contribution < 1.29 is 23.9 Å². The fourth-order valence-electron chi connectivity index (χ4n) is 3.02. The molecule has 1 aromatic heterocycles. The van der Waals surface area contributed by atoms with Crippen LogP contribution in [0.5, 0.6) is 11.5 Å². The smallest absolute Gasteiger partial charge is 0.296 e. The second kappa shape index (κ2) is 9.06. The summed E-state index contributed by atoms with van der Waals surface area (Å²) in [6.07, 6.45) is 2.82. The van der Waals surface area contributed by atoms with Crippen LogP contribution in [0.15, 0.2) is 59.3 Å². The third-order valence-corrected chi connectivity index (χ3v) is 5.36. The van der Waals surface area contributed by atoms with E-state index in [-0.39, 0.29) is 30.2 Å². The van der Waals surface area contributed by atoms with Crippen LogP contribution in [0.4, 0.5) is 11.4 Å². The molecule has 4 N–H and O–H groups in total. The lowest BCUT2D eigenvalue weighted by atomic mass is 10.1. The summed E-state index contributed by atoms with van der Waals surface area (Å²) in [4.78, 5) is 41.6. The molecule has 0 atom stereocenters. The van der Waals surface area contributed by atoms with Crippen molar-refractivity contribution in [2.24, 2.45) is 0 Å². The number of carbonyl (C=O) groups is 3. The Bertz CT molecular complexity index is 1220. The van der Waals surface area contributed by atoms with Crippen molar-refractivity contribution in [3.8, 4) is 11.5 Å². The number of hydrogen-bond donors (Lipinski definition) is 3. The van der Waals surface area contributed by atoms with Crippen LogP contribution in [0.3, 0.4) is 0 Å². The van der Waals surface area contributed by atoms with Crippen molar-refractivity contribution >= 4 is 44.9 Å². The van der Waals surface area contributed by atoms with Crippen LogP contribution < -0.4 is 25.8 Å². The van der Waals surface area contributed by atoms with Crippen LogP contribution in [0, 0.1) is 0 Å². The van der Waals surface area contributed by atoms with Gasteiger partial charge in [-0.05, 0) is 57.9 Å². The van der Waals surface area contributed by atoms with Gasteiger partial charge in [-0.1, -0.05) is 6.07 Å². The zero-order valence-corrected chi connectivity index (χ0v) is 18.1. The molecule has 1 aliphatic heterocycles. The number of nitrogen functional groups attached to an aromatic ring is 1. The highest BCUT2D eigenvalue weighted by atomic mass is 79.9. The maximum atomic E-state index is 12.9. The van der Waals surface area contributed by atoms with Gasteiger partial charge in [-0.2, -0.15) is 0 Å². The first-order chi connectivity index (χ1) is 15.4. The molecule has 2 amide bonds. The second-order valence-electron chi connectivity index (χ2n) is 6.81. The molecule has 0 aliphatic carbocycles. The van der Waals surface area contributed by atoms with Crippen molar-refractivity contribution in [2.75, 3.05) is 17.8 Å². The standard InChI is InChI=1S/C22H17BrN4O5/c23-15-8-14(21(29)26-10-12-1-2-18-19(7-12)32-11-31-18)17(9-16(15)24)27-22(30)20(28)13-3-5-25-6-4-13/h1-9H,10-11,24H2,(H,26,29)(H,27,30). The van der Waals surface area contributed by atoms with Crippen LogP contribution in [0.2, 0.25) is 0 Å². The van der Waals surface area contributed by atoms with Gasteiger partial charge in [0, 0.05) is 34.7 Å². The molecular formula is C22H17BrN4O5. The predicted octanol–water partition coefficient (Wildman–Crippen LogP) is 2.91. The molecule has 0 saturated heterocycles. The second-order valence-corrected chi connectivity index (χ2v) is 7.66. The number of aromatic nitrogens is 1. The molecule has 32 heavy (non-hydrogen) atoms. The first-order valence-electron chi connectivity index (χ1n) is 9.44. The van der Waals surface area contributed by atoms with Crippen LogP contribution >= 0.6 is 15.9 Å². The molecule has 9 nitrogen and oxygen atoms in total. The number of rotatable bonds is 6. The number of nitrogens with one attached hydrogen (secondary N) is 2. The first kappa shape index (κ1) is 21.3. The zero-order chi connectivity index (χ0) is 22.7. The van der Waals surface area contributed by atoms with Gasteiger partial charge >= 0.3 is 0 Å². The summed E-state index contributed by atoms with van der Waals surface area (Å²) in [5.74, 6) is -0.876. The van der Waals surface area contributed by atoms with Gasteiger partial charge in [0.15, 0.2) is 11.5 Å². The number of anilines is 2. The normalized spacial score (nSPS) is 11.7. The summed E-state index contributed by atoms with van der Waals surface area (Å²) < 4.78 is 11.1. The SMILES string of the molecule is Nc1cc(NC(=O)C(=O)c2ccncc2)c(C(=O)NCc2ccc3c(c2)OCO3)cc1Br. The Morgan fingerprint density at radius 2 is 1.78 bits per heavy atom. The highest BCUT2D eigenvalue weighted by molar-refractivity contribution is 9.10. The number of pyridine rings is 1. The molecule has 0 spiro atoms. The number of fused-ring (bicyclic) bond motifs is 1. The number of ether oxygens (including phenoxy) is 2. The summed E-state index contributed by atoms with van der Waals surface area (Å²) >= 11 is 3.29. The minimum absolute atomic E-state index is 0.112. The third kappa shape index (κ3) is 4.54. The number of halogens is 1. The molecule has 0 saturated carbocycles. The minimum atomic E-state index is -0.900. The van der Waals surface area contributed by atoms with E-state index < -0.39 is 17.6 Å². The number of nitrogens with two attached hydrogens (primary N) is 1. The van der Waals surface area contributed by atoms with E-state index in [1.807, 2.05) is 6.07 Å². The van der Waals surface area contributed by atoms with Gasteiger partial charge in [-0.15, -0.1) is 0 Å². The third-order valence-electron chi connectivity index (χ3n) is 4.67. The lowest BCUT2D eigenvalue weighted by Crippen LogP contribution is -2.27. The van der Waals surface area contributed by atoms with Gasteiger partial charge in [-0.3, -0.25) is 19.4 Å². The summed E-state index contributed by atoms with van der Waals surface area (Å²) in [5.41, 5.74) is 7.45. The van der Waals surface area contributed by atoms with Crippen LogP contribution in [0.25, 0.3) is 0 Å². The van der Waals surface area contributed by atoms with Gasteiger partial charge < -0.3 is 25.8 Å². The Labute approximate surface area is 191 Å². The van der Waals surface area contributed by atoms with Gasteiger partial charge in [-0.25, -0.2) is 0 Å². The topological polar surface area (TPSA) is 133 Å². The van der Waals surface area contributed by atoms with Crippen LogP contribution in [0.1, 0.15) is 26.3 Å². The molecule has 2 heterocycles. The Morgan fingerprint density at radius 3 is 2.56 bits per heavy atom. The number of ketones is 1. The maximum Gasteiger partial charge on any atom is 0.296 e. The van der Waals surface area contributed by atoms with Crippen molar-refractivity contribution in [3.05, 3.63) is 76.0 Å². The van der Waals surface area contributed by atoms with Gasteiger partial charge in [0.05, 0.1) is 11.3 Å². The predicted molar refractivity (Wildman–Crippen MR) is 119 cm³/mol. The van der Waals surface area contributed by atoms with E-state index in [0.717, 1.165) is 5.56 Å². The molecular weight excluding hydrogens is 480 g/mol. The quantitative estimate of drug-likeness (QED) is 0.271. The number of carbonyl (C=O) groups excluding carboxylic acids is 3. The summed E-state index contributed by atoms with van der Waals surface area (Å²) in [5, 5.41) is 5.27. The lowest BCUT2D eigenvalue weighted by Gasteiger charge is -2.13. The van der Waals surface area contributed by atoms with E-state index in [2.05, 4.69) is 31.5 Å². The Hall–Kier alpha value is -3.92. The van der Waals surface area contributed by atoms with E-state index in [1.165, 1.54) is 36.7 Å². The van der Waals surface area contributed by atoms with E-state index >= 15 is 0 Å². The fourth-order valence-corrected chi connectivity index (χ4v) is 3.37. The summed E-state index contributed by atoms with van der Waals surface area (Å²) in [6.45, 7) is 0.368. The first-order valence-corrected chi connectivity index (χ1v) is 10.2. The Morgan fingerprint density at radius 1 is 1.03 bits per heavy atom. The molecule has 3 aromatic rings. The number of benzene rings is 2. The highest BCUT2D eigenvalue weighted by Gasteiger charge is 2.21. The molecule has 0 bridgehead atoms. The summed E-state index contributed by atoms with van der Waals surface area (Å²) in [6, 6.07) is 11.1. The molecule has 0 radical (unpaired) electrons. The molecule has 10 heteroatoms.